The van der Waals surface area contributed by atoms with Gasteiger partial charge in [-0.1, -0.05) is 24.3 Å². The molecule has 43 heavy (non-hydrogen) atoms. The van der Waals surface area contributed by atoms with Crippen molar-refractivity contribution in [3.8, 4) is 33.3 Å². The molecule has 0 saturated carbocycles. The molecule has 0 saturated heterocycles. The normalized spacial score (nSPS) is 10.5. The number of hydrogen-bond acceptors (Lipinski definition) is 11. The molecule has 2 aromatic carbocycles. The Hall–Kier alpha value is -4.32. The molecule has 0 atom stereocenters. The third-order valence-electron chi connectivity index (χ3n) is 5.96. The van der Waals surface area contributed by atoms with Crippen LogP contribution in [0.2, 0.25) is 0 Å². The molecular weight excluding hydrogens is 597 g/mol. The number of rotatable bonds is 10. The lowest BCUT2D eigenvalue weighted by Crippen LogP contribution is -1.97. The van der Waals surface area contributed by atoms with E-state index in [1.807, 2.05) is 99.9 Å². The molecule has 11 heteroatoms. The minimum Gasteiger partial charge on any atom is -0.492 e. The molecule has 220 valence electrons. The average molecular weight is 629 g/mol. The van der Waals surface area contributed by atoms with Gasteiger partial charge in [0.05, 0.1) is 51.6 Å². The number of ether oxygens (including phenoxy) is 2. The molecule has 2 N–H and O–H groups in total. The largest absolute Gasteiger partial charge is 0.492 e. The van der Waals surface area contributed by atoms with E-state index in [-0.39, 0.29) is 0 Å². The van der Waals surface area contributed by atoms with Crippen molar-refractivity contribution in [2.45, 2.75) is 27.7 Å². The number of benzene rings is 2. The van der Waals surface area contributed by atoms with Crippen molar-refractivity contribution in [1.29, 1.82) is 0 Å². The first-order chi connectivity index (χ1) is 21.0. The third-order valence-corrected chi connectivity index (χ3v) is 8.57. The highest BCUT2D eigenvalue weighted by molar-refractivity contribution is 7.16. The quantitative estimate of drug-likeness (QED) is 0.155. The summed E-state index contributed by atoms with van der Waals surface area (Å²) in [7, 11) is 0. The first-order valence-corrected chi connectivity index (χ1v) is 16.3. The zero-order chi connectivity index (χ0) is 30.0. The van der Waals surface area contributed by atoms with Crippen LogP contribution in [0.1, 0.15) is 24.5 Å². The van der Waals surface area contributed by atoms with Crippen LogP contribution in [0.5, 0.6) is 11.5 Å². The summed E-state index contributed by atoms with van der Waals surface area (Å²) in [6.45, 7) is 9.27. The highest BCUT2D eigenvalue weighted by atomic mass is 32.1. The SMILES string of the molecule is CCOc1ccccc1Nc1nc(-c2cccnc2)cs1.CCOc1ccccc1Nc1nc(-c2sc(C)nc2C)cs1. The number of hydrogen-bond donors (Lipinski definition) is 2. The van der Waals surface area contributed by atoms with Crippen molar-refractivity contribution < 1.29 is 9.47 Å². The number of nitrogens with one attached hydrogen (secondary N) is 2. The van der Waals surface area contributed by atoms with Gasteiger partial charge in [0.15, 0.2) is 10.3 Å². The van der Waals surface area contributed by atoms with E-state index in [4.69, 9.17) is 9.47 Å². The molecule has 0 aliphatic heterocycles. The second-order valence-corrected chi connectivity index (χ2v) is 12.0. The van der Waals surface area contributed by atoms with Gasteiger partial charge in [-0.2, -0.15) is 0 Å². The molecule has 8 nitrogen and oxygen atoms in total. The van der Waals surface area contributed by atoms with E-state index < -0.39 is 0 Å². The average Bonchev–Trinajstić information content (AvgIpc) is 3.76. The molecule has 6 aromatic rings. The van der Waals surface area contributed by atoms with Gasteiger partial charge < -0.3 is 20.1 Å². The van der Waals surface area contributed by atoms with Crippen LogP contribution in [0.25, 0.3) is 21.8 Å². The van der Waals surface area contributed by atoms with Crippen LogP contribution >= 0.6 is 34.0 Å². The Kier molecular flexibility index (Phi) is 10.3. The van der Waals surface area contributed by atoms with Crippen LogP contribution in [0.15, 0.2) is 83.8 Å². The standard InChI is InChI=1S/C16H17N3OS2.C16H15N3OS/c1-4-20-14-8-6-5-7-12(14)18-16-19-13(9-21-16)15-10(2)17-11(3)22-15;1-2-20-15-8-4-3-7-13(15)18-16-19-14(11-21-16)12-6-5-9-17-10-12/h5-9H,4H2,1-3H3,(H,18,19);3-11H,2H2,1H3,(H,18,19). The Morgan fingerprint density at radius 3 is 1.81 bits per heavy atom. The van der Waals surface area contributed by atoms with E-state index in [1.54, 1.807) is 40.2 Å². The molecule has 6 rings (SSSR count). The number of pyridine rings is 1. The molecule has 0 radical (unpaired) electrons. The van der Waals surface area contributed by atoms with Crippen molar-refractivity contribution in [1.82, 2.24) is 19.9 Å². The van der Waals surface area contributed by atoms with E-state index in [0.717, 1.165) is 65.7 Å². The number of aryl methyl sites for hydroxylation is 2. The smallest absolute Gasteiger partial charge is 0.187 e. The fourth-order valence-corrected chi connectivity index (χ4v) is 6.52. The molecule has 4 aromatic heterocycles. The summed E-state index contributed by atoms with van der Waals surface area (Å²) >= 11 is 4.82. The van der Waals surface area contributed by atoms with Crippen LogP contribution in [0.4, 0.5) is 21.6 Å². The van der Waals surface area contributed by atoms with Gasteiger partial charge in [0.25, 0.3) is 0 Å². The highest BCUT2D eigenvalue weighted by Crippen LogP contribution is 2.35. The number of aromatic nitrogens is 4. The Labute approximate surface area is 263 Å². The Bertz CT molecular complexity index is 1750. The fraction of sp³-hybridized carbons (Fsp3) is 0.188. The summed E-state index contributed by atoms with van der Waals surface area (Å²) in [4.78, 5) is 19.0. The number of thiazole rings is 3. The fourth-order valence-electron chi connectivity index (χ4n) is 4.12. The first kappa shape index (κ1) is 30.1. The van der Waals surface area contributed by atoms with Gasteiger partial charge in [-0.25, -0.2) is 15.0 Å². The van der Waals surface area contributed by atoms with E-state index in [9.17, 15) is 0 Å². The molecule has 0 amide bonds. The van der Waals surface area contributed by atoms with E-state index in [2.05, 4.69) is 35.9 Å². The summed E-state index contributed by atoms with van der Waals surface area (Å²) in [6, 6.07) is 19.7. The summed E-state index contributed by atoms with van der Waals surface area (Å²) in [5, 5.41) is 13.5. The molecular formula is C32H32N6O2S3. The predicted octanol–water partition coefficient (Wildman–Crippen LogP) is 9.37. The number of nitrogens with zero attached hydrogens (tertiary/aromatic N) is 4. The highest BCUT2D eigenvalue weighted by Gasteiger charge is 2.13. The van der Waals surface area contributed by atoms with E-state index >= 15 is 0 Å². The van der Waals surface area contributed by atoms with Gasteiger partial charge in [0.2, 0.25) is 0 Å². The van der Waals surface area contributed by atoms with Gasteiger partial charge in [-0.05, 0) is 64.1 Å². The zero-order valence-electron chi connectivity index (χ0n) is 24.3. The molecule has 0 bridgehead atoms. The molecule has 0 unspecified atom stereocenters. The minimum absolute atomic E-state index is 0.636. The lowest BCUT2D eigenvalue weighted by molar-refractivity contribution is 0.342. The van der Waals surface area contributed by atoms with Gasteiger partial charge in [-0.15, -0.1) is 34.0 Å². The summed E-state index contributed by atoms with van der Waals surface area (Å²) < 4.78 is 11.2. The maximum atomic E-state index is 5.63. The molecule has 0 aliphatic carbocycles. The zero-order valence-corrected chi connectivity index (χ0v) is 26.8. The Morgan fingerprint density at radius 2 is 1.28 bits per heavy atom. The second-order valence-electron chi connectivity index (χ2n) is 9.07. The van der Waals surface area contributed by atoms with E-state index in [0.29, 0.717) is 13.2 Å². The van der Waals surface area contributed by atoms with E-state index in [1.165, 1.54) is 0 Å². The van der Waals surface area contributed by atoms with Crippen LogP contribution in [0, 0.1) is 13.8 Å². The second kappa shape index (κ2) is 14.7. The predicted molar refractivity (Wildman–Crippen MR) is 180 cm³/mol. The van der Waals surface area contributed by atoms with Gasteiger partial charge in [0.1, 0.15) is 11.5 Å². The maximum absolute atomic E-state index is 5.63. The Morgan fingerprint density at radius 1 is 0.698 bits per heavy atom. The van der Waals surface area contributed by atoms with Gasteiger partial charge >= 0.3 is 0 Å². The molecule has 4 heterocycles. The molecule has 0 fully saturated rings. The van der Waals surface area contributed by atoms with Crippen LogP contribution in [-0.2, 0) is 0 Å². The van der Waals surface area contributed by atoms with Gasteiger partial charge in [0, 0.05) is 28.7 Å². The van der Waals surface area contributed by atoms with Gasteiger partial charge in [-0.3, -0.25) is 4.98 Å². The van der Waals surface area contributed by atoms with Crippen molar-refractivity contribution in [2.75, 3.05) is 23.8 Å². The molecule has 0 aliphatic rings. The Balaban J connectivity index is 0.000000171. The monoisotopic (exact) mass is 628 g/mol. The van der Waals surface area contributed by atoms with Crippen molar-refractivity contribution >= 4 is 55.6 Å². The summed E-state index contributed by atoms with van der Waals surface area (Å²) in [5.41, 5.74) is 5.80. The lowest BCUT2D eigenvalue weighted by Gasteiger charge is -2.09. The third kappa shape index (κ3) is 7.95. The van der Waals surface area contributed by atoms with Crippen molar-refractivity contribution in [3.05, 3.63) is 94.5 Å². The first-order valence-electron chi connectivity index (χ1n) is 13.8. The molecule has 0 spiro atoms. The van der Waals surface area contributed by atoms with Crippen LogP contribution in [0.3, 0.4) is 0 Å². The van der Waals surface area contributed by atoms with Crippen molar-refractivity contribution in [2.24, 2.45) is 0 Å². The number of anilines is 4. The van der Waals surface area contributed by atoms with Crippen LogP contribution in [-0.4, -0.2) is 33.1 Å². The topological polar surface area (TPSA) is 94.1 Å². The lowest BCUT2D eigenvalue weighted by atomic mass is 10.2. The summed E-state index contributed by atoms with van der Waals surface area (Å²) in [6.07, 6.45) is 3.57. The van der Waals surface area contributed by atoms with Crippen molar-refractivity contribution in [3.63, 3.8) is 0 Å². The summed E-state index contributed by atoms with van der Waals surface area (Å²) in [5.74, 6) is 1.67. The van der Waals surface area contributed by atoms with Crippen LogP contribution < -0.4 is 20.1 Å². The number of para-hydroxylation sites is 4. The minimum atomic E-state index is 0.636. The maximum Gasteiger partial charge on any atom is 0.187 e.